The zero-order valence-corrected chi connectivity index (χ0v) is 14.8. The van der Waals surface area contributed by atoms with Crippen LogP contribution in [0.3, 0.4) is 0 Å². The minimum Gasteiger partial charge on any atom is -0.462 e. The zero-order chi connectivity index (χ0) is 16.9. The fraction of sp³-hybridized carbons (Fsp3) is 0.889. The number of ether oxygens (including phenoxy) is 2. The Morgan fingerprint density at radius 2 is 1.61 bits per heavy atom. The van der Waals surface area contributed by atoms with E-state index in [9.17, 15) is 9.59 Å². The Labute approximate surface area is 139 Å². The van der Waals surface area contributed by atoms with E-state index in [2.05, 4.69) is 0 Å². The smallest absolute Gasteiger partial charge is 0.410 e. The molecule has 0 unspecified atom stereocenters. The first-order valence-corrected chi connectivity index (χ1v) is 9.01. The van der Waals surface area contributed by atoms with Crippen molar-refractivity contribution < 1.29 is 19.1 Å². The lowest BCUT2D eigenvalue weighted by atomic mass is 9.87. The second kappa shape index (κ2) is 8.02. The number of hydrogen-bond acceptors (Lipinski definition) is 4. The Morgan fingerprint density at radius 3 is 2.17 bits per heavy atom. The highest BCUT2D eigenvalue weighted by atomic mass is 16.6. The molecule has 23 heavy (non-hydrogen) atoms. The van der Waals surface area contributed by atoms with Crippen LogP contribution in [0, 0.1) is 5.92 Å². The fourth-order valence-corrected chi connectivity index (χ4v) is 3.34. The van der Waals surface area contributed by atoms with Gasteiger partial charge in [-0.05, 0) is 39.5 Å². The van der Waals surface area contributed by atoms with E-state index in [1.54, 1.807) is 4.90 Å². The van der Waals surface area contributed by atoms with Crippen LogP contribution in [0.25, 0.3) is 0 Å². The summed E-state index contributed by atoms with van der Waals surface area (Å²) in [4.78, 5) is 25.8. The number of carbonyl (C=O) groups excluding carboxylic acids is 2. The molecule has 1 saturated carbocycles. The number of amides is 1. The lowest BCUT2D eigenvalue weighted by Gasteiger charge is -2.33. The molecule has 0 aromatic heterocycles. The van der Waals surface area contributed by atoms with Gasteiger partial charge in [0.1, 0.15) is 11.7 Å². The first-order valence-electron chi connectivity index (χ1n) is 9.01. The van der Waals surface area contributed by atoms with Crippen LogP contribution in [0.1, 0.15) is 72.1 Å². The minimum absolute atomic E-state index is 0.0511. The first kappa shape index (κ1) is 18.1. The van der Waals surface area contributed by atoms with Gasteiger partial charge in [-0.25, -0.2) is 4.79 Å². The highest BCUT2D eigenvalue weighted by Gasteiger charge is 2.29. The molecule has 0 aromatic rings. The van der Waals surface area contributed by atoms with Crippen LogP contribution in [-0.4, -0.2) is 41.8 Å². The Balaban J connectivity index is 1.67. The van der Waals surface area contributed by atoms with Crippen LogP contribution < -0.4 is 0 Å². The summed E-state index contributed by atoms with van der Waals surface area (Å²) < 4.78 is 11.0. The Kier molecular flexibility index (Phi) is 6.31. The average Bonchev–Trinajstić information content (AvgIpc) is 2.47. The highest BCUT2D eigenvalue weighted by Crippen LogP contribution is 2.27. The molecule has 2 aliphatic rings. The lowest BCUT2D eigenvalue weighted by molar-refractivity contribution is -0.152. The third-order valence-electron chi connectivity index (χ3n) is 4.57. The van der Waals surface area contributed by atoms with E-state index >= 15 is 0 Å². The fourth-order valence-electron chi connectivity index (χ4n) is 3.34. The second-order valence-electron chi connectivity index (χ2n) is 7.86. The topological polar surface area (TPSA) is 55.8 Å². The molecule has 132 valence electrons. The summed E-state index contributed by atoms with van der Waals surface area (Å²) in [5.74, 6) is 0.450. The van der Waals surface area contributed by atoms with Crippen LogP contribution in [-0.2, 0) is 14.3 Å². The summed E-state index contributed by atoms with van der Waals surface area (Å²) in [7, 11) is 0. The van der Waals surface area contributed by atoms with Crippen LogP contribution in [0.5, 0.6) is 0 Å². The second-order valence-corrected chi connectivity index (χ2v) is 7.86. The standard InChI is InChI=1S/C18H31NO4/c1-18(2,3)23-17(21)19-11-9-15(10-12-19)22-16(20)13-14-7-5-4-6-8-14/h14-15H,4-13H2,1-3H3. The van der Waals surface area contributed by atoms with Crippen molar-refractivity contribution in [1.29, 1.82) is 0 Å². The van der Waals surface area contributed by atoms with E-state index in [-0.39, 0.29) is 18.2 Å². The summed E-state index contributed by atoms with van der Waals surface area (Å²) in [6.07, 6.45) is 7.75. The van der Waals surface area contributed by atoms with Gasteiger partial charge in [0.2, 0.25) is 0 Å². The summed E-state index contributed by atoms with van der Waals surface area (Å²) in [5.41, 5.74) is -0.472. The zero-order valence-electron chi connectivity index (χ0n) is 14.8. The third-order valence-corrected chi connectivity index (χ3v) is 4.57. The molecule has 1 aliphatic heterocycles. The van der Waals surface area contributed by atoms with Crippen molar-refractivity contribution in [3.63, 3.8) is 0 Å². The van der Waals surface area contributed by atoms with Gasteiger partial charge in [0.05, 0.1) is 0 Å². The molecule has 2 fully saturated rings. The summed E-state index contributed by atoms with van der Waals surface area (Å²) in [6, 6.07) is 0. The van der Waals surface area contributed by atoms with Gasteiger partial charge in [0, 0.05) is 32.4 Å². The number of likely N-dealkylation sites (tertiary alicyclic amines) is 1. The number of piperidine rings is 1. The molecule has 0 radical (unpaired) electrons. The van der Waals surface area contributed by atoms with Gasteiger partial charge in [-0.15, -0.1) is 0 Å². The Hall–Kier alpha value is -1.26. The van der Waals surface area contributed by atoms with Crippen LogP contribution >= 0.6 is 0 Å². The number of hydrogen-bond donors (Lipinski definition) is 0. The maximum absolute atomic E-state index is 12.1. The van der Waals surface area contributed by atoms with Crippen molar-refractivity contribution in [3.8, 4) is 0 Å². The van der Waals surface area contributed by atoms with Gasteiger partial charge in [-0.3, -0.25) is 4.79 Å². The van der Waals surface area contributed by atoms with E-state index in [0.29, 0.717) is 38.3 Å². The third kappa shape index (κ3) is 6.40. The summed E-state index contributed by atoms with van der Waals surface area (Å²) in [6.45, 7) is 6.78. The summed E-state index contributed by atoms with van der Waals surface area (Å²) >= 11 is 0. The molecular formula is C18H31NO4. The van der Waals surface area contributed by atoms with E-state index in [1.165, 1.54) is 19.3 Å². The monoisotopic (exact) mass is 325 g/mol. The molecule has 0 spiro atoms. The minimum atomic E-state index is -0.472. The predicted molar refractivity (Wildman–Crippen MR) is 88.1 cm³/mol. The van der Waals surface area contributed by atoms with Crippen molar-refractivity contribution >= 4 is 12.1 Å². The quantitative estimate of drug-likeness (QED) is 0.739. The van der Waals surface area contributed by atoms with E-state index in [0.717, 1.165) is 12.8 Å². The Bertz CT molecular complexity index is 402. The summed E-state index contributed by atoms with van der Waals surface area (Å²) in [5, 5.41) is 0. The molecule has 5 heteroatoms. The SMILES string of the molecule is CC(C)(C)OC(=O)N1CCC(OC(=O)CC2CCCCC2)CC1. The van der Waals surface area contributed by atoms with Crippen LogP contribution in [0.4, 0.5) is 4.79 Å². The predicted octanol–water partition coefficient (Wildman–Crippen LogP) is 3.90. The molecule has 0 N–H and O–H groups in total. The largest absolute Gasteiger partial charge is 0.462 e. The number of esters is 1. The van der Waals surface area contributed by atoms with Gasteiger partial charge < -0.3 is 14.4 Å². The lowest BCUT2D eigenvalue weighted by Crippen LogP contribution is -2.43. The van der Waals surface area contributed by atoms with Gasteiger partial charge in [-0.1, -0.05) is 19.3 Å². The van der Waals surface area contributed by atoms with Gasteiger partial charge in [0.25, 0.3) is 0 Å². The molecule has 1 aliphatic carbocycles. The molecular weight excluding hydrogens is 294 g/mol. The van der Waals surface area contributed by atoms with Crippen molar-refractivity contribution in [2.75, 3.05) is 13.1 Å². The van der Waals surface area contributed by atoms with Crippen molar-refractivity contribution in [1.82, 2.24) is 4.90 Å². The number of carbonyl (C=O) groups is 2. The van der Waals surface area contributed by atoms with Gasteiger partial charge in [0.15, 0.2) is 0 Å². The number of rotatable bonds is 3. The average molecular weight is 325 g/mol. The maximum atomic E-state index is 12.1. The number of nitrogens with zero attached hydrogens (tertiary/aromatic N) is 1. The molecule has 0 atom stereocenters. The molecule has 1 heterocycles. The van der Waals surface area contributed by atoms with Crippen molar-refractivity contribution in [2.45, 2.75) is 83.8 Å². The molecule has 5 nitrogen and oxygen atoms in total. The first-order chi connectivity index (χ1) is 10.8. The molecule has 2 rings (SSSR count). The molecule has 1 amide bonds. The molecule has 0 aromatic carbocycles. The van der Waals surface area contributed by atoms with E-state index in [4.69, 9.17) is 9.47 Å². The normalized spacial score (nSPS) is 21.1. The van der Waals surface area contributed by atoms with E-state index < -0.39 is 5.60 Å². The van der Waals surface area contributed by atoms with Gasteiger partial charge >= 0.3 is 12.1 Å². The Morgan fingerprint density at radius 1 is 1.00 bits per heavy atom. The molecule has 0 bridgehead atoms. The van der Waals surface area contributed by atoms with Crippen LogP contribution in [0.15, 0.2) is 0 Å². The van der Waals surface area contributed by atoms with E-state index in [1.807, 2.05) is 20.8 Å². The maximum Gasteiger partial charge on any atom is 0.410 e. The van der Waals surface area contributed by atoms with Crippen molar-refractivity contribution in [2.24, 2.45) is 5.92 Å². The molecule has 1 saturated heterocycles. The van der Waals surface area contributed by atoms with Gasteiger partial charge in [-0.2, -0.15) is 0 Å². The van der Waals surface area contributed by atoms with Crippen molar-refractivity contribution in [3.05, 3.63) is 0 Å². The van der Waals surface area contributed by atoms with Crippen LogP contribution in [0.2, 0.25) is 0 Å². The highest BCUT2D eigenvalue weighted by molar-refractivity contribution is 5.70.